The summed E-state index contributed by atoms with van der Waals surface area (Å²) < 4.78 is 2.07. The summed E-state index contributed by atoms with van der Waals surface area (Å²) in [4.78, 5) is 4.51. The Labute approximate surface area is 130 Å². The molecule has 3 heterocycles. The van der Waals surface area contributed by atoms with Crippen molar-refractivity contribution in [2.75, 3.05) is 13.6 Å². The normalized spacial score (nSPS) is 23.0. The molecule has 1 N–H and O–H groups in total. The molecule has 0 aliphatic carbocycles. The lowest BCUT2D eigenvalue weighted by atomic mass is 10.2. The van der Waals surface area contributed by atoms with Gasteiger partial charge < -0.3 is 4.90 Å². The van der Waals surface area contributed by atoms with Crippen LogP contribution in [0, 0.1) is 0 Å². The van der Waals surface area contributed by atoms with Crippen molar-refractivity contribution in [1.82, 2.24) is 25.0 Å². The molecule has 0 amide bonds. The molecular weight excluding hydrogens is 288 g/mol. The lowest BCUT2D eigenvalue weighted by molar-refractivity contribution is 0.216. The fourth-order valence-electron chi connectivity index (χ4n) is 2.89. The van der Waals surface area contributed by atoms with Crippen molar-refractivity contribution in [2.45, 2.75) is 52.5 Å². The van der Waals surface area contributed by atoms with E-state index in [9.17, 15) is 0 Å². The third-order valence-electron chi connectivity index (χ3n) is 4.42. The van der Waals surface area contributed by atoms with Gasteiger partial charge in [0.05, 0.1) is 10.7 Å². The lowest BCUT2D eigenvalue weighted by Gasteiger charge is -2.24. The Kier molecular flexibility index (Phi) is 3.84. The summed E-state index contributed by atoms with van der Waals surface area (Å²) >= 11 is 6.65. The van der Waals surface area contributed by atoms with Gasteiger partial charge in [-0.3, -0.25) is 15.0 Å². The van der Waals surface area contributed by atoms with E-state index in [2.05, 4.69) is 38.9 Å². The predicted octanol–water partition coefficient (Wildman–Crippen LogP) is 2.02. The molecule has 2 aliphatic rings. The van der Waals surface area contributed by atoms with E-state index < -0.39 is 0 Å². The number of amidine groups is 1. The van der Waals surface area contributed by atoms with E-state index in [4.69, 9.17) is 16.7 Å². The molecule has 0 bridgehead atoms. The fourth-order valence-corrected chi connectivity index (χ4v) is 3.19. The lowest BCUT2D eigenvalue weighted by Crippen LogP contribution is -2.30. The molecule has 0 radical (unpaired) electrons. The molecule has 1 atom stereocenters. The van der Waals surface area contributed by atoms with Crippen LogP contribution in [0.4, 0.5) is 0 Å². The smallest absolute Gasteiger partial charge is 0.162 e. The number of fused-ring (bicyclic) bond motifs is 1. The molecule has 2 aliphatic heterocycles. The van der Waals surface area contributed by atoms with Gasteiger partial charge in [0.1, 0.15) is 11.5 Å². The van der Waals surface area contributed by atoms with Crippen molar-refractivity contribution in [3.05, 3.63) is 16.4 Å². The van der Waals surface area contributed by atoms with Crippen LogP contribution in [-0.4, -0.2) is 45.1 Å². The summed E-state index contributed by atoms with van der Waals surface area (Å²) in [7, 11) is 2.00. The standard InChI is InChI=1S/C14H23ClN6/c1-9(2)20-6-5-7-21-11(8-20)12(15)13(18-21)14-17-16-10(3)19(14)4/h9,14,17H,5-8H2,1-4H3. The van der Waals surface area contributed by atoms with Crippen LogP contribution in [0.15, 0.2) is 5.10 Å². The number of rotatable bonds is 2. The van der Waals surface area contributed by atoms with Gasteiger partial charge in [-0.1, -0.05) is 11.6 Å². The Balaban J connectivity index is 1.91. The highest BCUT2D eigenvalue weighted by molar-refractivity contribution is 6.32. The van der Waals surface area contributed by atoms with Gasteiger partial charge in [0, 0.05) is 32.7 Å². The molecular formula is C14H23ClN6. The average Bonchev–Trinajstić information content (AvgIpc) is 2.83. The number of hydrogen-bond acceptors (Lipinski definition) is 5. The predicted molar refractivity (Wildman–Crippen MR) is 84.1 cm³/mol. The SMILES string of the molecule is CC1=NNC(c2nn3c(c2Cl)CN(C(C)C)CCC3)N1C. The summed E-state index contributed by atoms with van der Waals surface area (Å²) in [5, 5.41) is 9.78. The molecule has 6 nitrogen and oxygen atoms in total. The van der Waals surface area contributed by atoms with Crippen LogP contribution in [0.25, 0.3) is 0 Å². The number of hydrogen-bond donors (Lipinski definition) is 1. The Hall–Kier alpha value is -1.27. The first kappa shape index (κ1) is 14.7. The highest BCUT2D eigenvalue weighted by atomic mass is 35.5. The van der Waals surface area contributed by atoms with Gasteiger partial charge in [-0.15, -0.1) is 0 Å². The monoisotopic (exact) mass is 310 g/mol. The van der Waals surface area contributed by atoms with Crippen molar-refractivity contribution < 1.29 is 0 Å². The Morgan fingerprint density at radius 1 is 1.33 bits per heavy atom. The maximum absolute atomic E-state index is 6.65. The molecule has 0 spiro atoms. The van der Waals surface area contributed by atoms with Crippen molar-refractivity contribution >= 4 is 17.4 Å². The third kappa shape index (κ3) is 2.51. The molecule has 21 heavy (non-hydrogen) atoms. The minimum atomic E-state index is -0.0653. The molecule has 7 heteroatoms. The summed E-state index contributed by atoms with van der Waals surface area (Å²) in [6, 6.07) is 0.517. The number of halogens is 1. The van der Waals surface area contributed by atoms with Crippen LogP contribution in [0.1, 0.15) is 44.7 Å². The Morgan fingerprint density at radius 3 is 2.71 bits per heavy atom. The van der Waals surface area contributed by atoms with Crippen LogP contribution < -0.4 is 5.43 Å². The van der Waals surface area contributed by atoms with Crippen LogP contribution >= 0.6 is 11.6 Å². The zero-order chi connectivity index (χ0) is 15.1. The minimum Gasteiger partial charge on any atom is -0.335 e. The molecule has 1 aromatic heterocycles. The second-order valence-electron chi connectivity index (χ2n) is 6.09. The molecule has 0 fully saturated rings. The average molecular weight is 311 g/mol. The van der Waals surface area contributed by atoms with Gasteiger partial charge in [0.15, 0.2) is 6.17 Å². The highest BCUT2D eigenvalue weighted by Gasteiger charge is 2.31. The maximum Gasteiger partial charge on any atom is 0.162 e. The van der Waals surface area contributed by atoms with Crippen LogP contribution in [0.2, 0.25) is 5.02 Å². The molecule has 0 saturated carbocycles. The third-order valence-corrected chi connectivity index (χ3v) is 4.83. The van der Waals surface area contributed by atoms with Gasteiger partial charge >= 0.3 is 0 Å². The maximum atomic E-state index is 6.65. The number of aromatic nitrogens is 2. The summed E-state index contributed by atoms with van der Waals surface area (Å²) in [6.07, 6.45) is 1.04. The molecule has 116 valence electrons. The van der Waals surface area contributed by atoms with Crippen LogP contribution in [0.5, 0.6) is 0 Å². The molecule has 1 unspecified atom stereocenters. The number of nitrogens with one attached hydrogen (secondary N) is 1. The largest absolute Gasteiger partial charge is 0.335 e. The Bertz CT molecular complexity index is 564. The van der Waals surface area contributed by atoms with E-state index in [0.717, 1.165) is 48.3 Å². The molecule has 0 saturated heterocycles. The first-order valence-corrected chi connectivity index (χ1v) is 7.88. The van der Waals surface area contributed by atoms with E-state index in [1.165, 1.54) is 0 Å². The van der Waals surface area contributed by atoms with Gasteiger partial charge in [-0.25, -0.2) is 0 Å². The zero-order valence-corrected chi connectivity index (χ0v) is 13.9. The van der Waals surface area contributed by atoms with Crippen molar-refractivity contribution in [1.29, 1.82) is 0 Å². The van der Waals surface area contributed by atoms with E-state index >= 15 is 0 Å². The van der Waals surface area contributed by atoms with Gasteiger partial charge in [0.25, 0.3) is 0 Å². The van der Waals surface area contributed by atoms with Gasteiger partial charge in [-0.05, 0) is 27.2 Å². The van der Waals surface area contributed by atoms with E-state index in [1.807, 2.05) is 14.0 Å². The van der Waals surface area contributed by atoms with Crippen molar-refractivity contribution in [3.8, 4) is 0 Å². The van der Waals surface area contributed by atoms with E-state index in [-0.39, 0.29) is 6.17 Å². The highest BCUT2D eigenvalue weighted by Crippen LogP contribution is 2.32. The minimum absolute atomic E-state index is 0.0653. The number of aryl methyl sites for hydroxylation is 1. The summed E-state index contributed by atoms with van der Waals surface area (Å²) in [6.45, 7) is 9.31. The quantitative estimate of drug-likeness (QED) is 0.908. The fraction of sp³-hybridized carbons (Fsp3) is 0.714. The van der Waals surface area contributed by atoms with Crippen LogP contribution in [-0.2, 0) is 13.1 Å². The number of hydrazone groups is 1. The molecule has 1 aromatic rings. The van der Waals surface area contributed by atoms with Crippen molar-refractivity contribution in [3.63, 3.8) is 0 Å². The Morgan fingerprint density at radius 2 is 2.10 bits per heavy atom. The second kappa shape index (κ2) is 5.50. The van der Waals surface area contributed by atoms with E-state index in [0.29, 0.717) is 6.04 Å². The first-order chi connectivity index (χ1) is 9.99. The summed E-state index contributed by atoms with van der Waals surface area (Å²) in [5.74, 6) is 0.947. The second-order valence-corrected chi connectivity index (χ2v) is 6.47. The van der Waals surface area contributed by atoms with Crippen LogP contribution in [0.3, 0.4) is 0 Å². The van der Waals surface area contributed by atoms with Gasteiger partial charge in [-0.2, -0.15) is 10.2 Å². The molecule has 3 rings (SSSR count). The number of nitrogens with zero attached hydrogens (tertiary/aromatic N) is 5. The van der Waals surface area contributed by atoms with Gasteiger partial charge in [0.2, 0.25) is 0 Å². The van der Waals surface area contributed by atoms with Crippen molar-refractivity contribution in [2.24, 2.45) is 5.10 Å². The topological polar surface area (TPSA) is 48.7 Å². The first-order valence-electron chi connectivity index (χ1n) is 7.50. The zero-order valence-electron chi connectivity index (χ0n) is 13.1. The van der Waals surface area contributed by atoms with E-state index in [1.54, 1.807) is 0 Å². The summed E-state index contributed by atoms with van der Waals surface area (Å²) in [5.41, 5.74) is 5.11. The molecule has 0 aromatic carbocycles.